The molecule has 1 aromatic heterocycles. The lowest BCUT2D eigenvalue weighted by Crippen LogP contribution is -2.48. The van der Waals surface area contributed by atoms with Gasteiger partial charge in [0.05, 0.1) is 26.9 Å². The summed E-state index contributed by atoms with van der Waals surface area (Å²) in [6, 6.07) is 13.1. The van der Waals surface area contributed by atoms with Crippen LogP contribution in [0.1, 0.15) is 18.3 Å². The molecule has 0 unspecified atom stereocenters. The Morgan fingerprint density at radius 2 is 2.06 bits per heavy atom. The maximum absolute atomic E-state index is 11.2. The van der Waals surface area contributed by atoms with E-state index >= 15 is 0 Å². The van der Waals surface area contributed by atoms with Gasteiger partial charge in [-0.15, -0.1) is 0 Å². The molecule has 0 amide bonds. The smallest absolute Gasteiger partial charge is 0.161 e. The molecular weight excluding hydrogens is 482 g/mol. The molecule has 0 radical (unpaired) electrons. The first-order chi connectivity index (χ1) is 17.5. The molecule has 1 N–H and O–H groups in total. The summed E-state index contributed by atoms with van der Waals surface area (Å²) < 4.78 is 25.2. The molecule has 2 heterocycles. The van der Waals surface area contributed by atoms with Crippen molar-refractivity contribution >= 4 is 11.6 Å². The van der Waals surface area contributed by atoms with E-state index in [1.165, 1.54) is 0 Å². The van der Waals surface area contributed by atoms with Gasteiger partial charge in [0.25, 0.3) is 0 Å². The summed E-state index contributed by atoms with van der Waals surface area (Å²) in [5.74, 6) is 3.04. The lowest BCUT2D eigenvalue weighted by molar-refractivity contribution is -0.0646. The highest BCUT2D eigenvalue weighted by atomic mass is 35.5. The molecule has 9 heteroatoms. The zero-order valence-corrected chi connectivity index (χ0v) is 21.6. The minimum atomic E-state index is -1.14. The standard InChI is InChI=1S/C27H34ClN3O5/c1-3-26-29-9-10-31(26)12-14-35-24-8-7-21(15-25(24)33-2)17-30-11-13-34-19-27(32,18-30)20-36-23-6-4-5-22(28)16-23/h4-10,15-16,32H,3,11-14,17-20H2,1-2H3/t27-/m0/s1. The van der Waals surface area contributed by atoms with E-state index in [1.54, 1.807) is 19.2 Å². The van der Waals surface area contributed by atoms with Gasteiger partial charge in [-0.2, -0.15) is 0 Å². The van der Waals surface area contributed by atoms with Crippen LogP contribution in [0.25, 0.3) is 0 Å². The number of halogens is 1. The molecule has 8 nitrogen and oxygen atoms in total. The van der Waals surface area contributed by atoms with Crippen molar-refractivity contribution in [2.75, 3.05) is 46.6 Å². The van der Waals surface area contributed by atoms with Gasteiger partial charge in [-0.25, -0.2) is 4.98 Å². The van der Waals surface area contributed by atoms with Crippen LogP contribution in [0.2, 0.25) is 5.02 Å². The second-order valence-electron chi connectivity index (χ2n) is 8.96. The van der Waals surface area contributed by atoms with Gasteiger partial charge in [-0.3, -0.25) is 4.90 Å². The third kappa shape index (κ3) is 7.13. The van der Waals surface area contributed by atoms with E-state index in [0.717, 1.165) is 24.4 Å². The molecule has 36 heavy (non-hydrogen) atoms. The van der Waals surface area contributed by atoms with Gasteiger partial charge in [-0.05, 0) is 35.9 Å². The van der Waals surface area contributed by atoms with Gasteiger partial charge in [-0.1, -0.05) is 30.7 Å². The van der Waals surface area contributed by atoms with Gasteiger partial charge < -0.3 is 28.6 Å². The maximum Gasteiger partial charge on any atom is 0.161 e. The number of hydrogen-bond acceptors (Lipinski definition) is 7. The number of aromatic nitrogens is 2. The molecular formula is C27H34ClN3O5. The average molecular weight is 516 g/mol. The summed E-state index contributed by atoms with van der Waals surface area (Å²) in [5.41, 5.74) is -0.0848. The Morgan fingerprint density at radius 1 is 1.17 bits per heavy atom. The number of aryl methyl sites for hydroxylation is 1. The number of hydrogen-bond donors (Lipinski definition) is 1. The van der Waals surface area contributed by atoms with Gasteiger partial charge >= 0.3 is 0 Å². The van der Waals surface area contributed by atoms with Crippen LogP contribution in [0.3, 0.4) is 0 Å². The number of imidazole rings is 1. The Balaban J connectivity index is 1.35. The Hall–Kier alpha value is -2.78. The molecule has 0 aliphatic carbocycles. The summed E-state index contributed by atoms with van der Waals surface area (Å²) in [7, 11) is 1.64. The average Bonchev–Trinajstić information content (AvgIpc) is 3.25. The first-order valence-corrected chi connectivity index (χ1v) is 12.6. The number of β-amino-alcohol motifs (C(OH)–C–C–N with tert-alkyl or cyclic N) is 1. The molecule has 0 spiro atoms. The number of aliphatic hydroxyl groups is 1. The zero-order valence-electron chi connectivity index (χ0n) is 20.9. The topological polar surface area (TPSA) is 78.2 Å². The first-order valence-electron chi connectivity index (χ1n) is 12.2. The molecule has 1 atom stereocenters. The number of benzene rings is 2. The van der Waals surface area contributed by atoms with Crippen LogP contribution in [-0.4, -0.2) is 71.8 Å². The van der Waals surface area contributed by atoms with E-state index in [2.05, 4.69) is 21.4 Å². The summed E-state index contributed by atoms with van der Waals surface area (Å²) in [5, 5.41) is 11.8. The maximum atomic E-state index is 11.2. The van der Waals surface area contributed by atoms with Crippen LogP contribution in [0.15, 0.2) is 54.9 Å². The van der Waals surface area contributed by atoms with Gasteiger partial charge in [0.15, 0.2) is 11.5 Å². The minimum Gasteiger partial charge on any atom is -0.493 e. The van der Waals surface area contributed by atoms with Gasteiger partial charge in [0.2, 0.25) is 0 Å². The predicted molar refractivity (Wildman–Crippen MR) is 138 cm³/mol. The molecule has 1 aliphatic heterocycles. The van der Waals surface area contributed by atoms with Crippen LogP contribution in [0, 0.1) is 0 Å². The van der Waals surface area contributed by atoms with E-state index in [9.17, 15) is 5.11 Å². The van der Waals surface area contributed by atoms with Crippen molar-refractivity contribution in [1.29, 1.82) is 0 Å². The Bertz CT molecular complexity index is 1120. The summed E-state index contributed by atoms with van der Waals surface area (Å²) in [6.07, 6.45) is 4.66. The second-order valence-corrected chi connectivity index (χ2v) is 9.39. The molecule has 0 saturated carbocycles. The van der Waals surface area contributed by atoms with Crippen LogP contribution < -0.4 is 14.2 Å². The van der Waals surface area contributed by atoms with Crippen molar-refractivity contribution in [3.8, 4) is 17.2 Å². The third-order valence-electron chi connectivity index (χ3n) is 6.09. The largest absolute Gasteiger partial charge is 0.493 e. The minimum absolute atomic E-state index is 0.108. The lowest BCUT2D eigenvalue weighted by atomic mass is 10.1. The van der Waals surface area contributed by atoms with E-state index < -0.39 is 5.60 Å². The number of nitrogens with zero attached hydrogens (tertiary/aromatic N) is 3. The Labute approximate surface area is 217 Å². The monoisotopic (exact) mass is 515 g/mol. The molecule has 1 fully saturated rings. The van der Waals surface area contributed by atoms with E-state index in [-0.39, 0.29) is 13.2 Å². The summed E-state index contributed by atoms with van der Waals surface area (Å²) >= 11 is 6.04. The highest BCUT2D eigenvalue weighted by Crippen LogP contribution is 2.29. The lowest BCUT2D eigenvalue weighted by Gasteiger charge is -2.30. The first kappa shape index (κ1) is 26.3. The number of methoxy groups -OCH3 is 1. The molecule has 194 valence electrons. The second kappa shape index (κ2) is 12.5. The Kier molecular flexibility index (Phi) is 9.09. The highest BCUT2D eigenvalue weighted by molar-refractivity contribution is 6.30. The molecule has 0 bridgehead atoms. The fourth-order valence-electron chi connectivity index (χ4n) is 4.29. The normalized spacial score (nSPS) is 18.6. The molecule has 3 aromatic rings. The Morgan fingerprint density at radius 3 is 2.86 bits per heavy atom. The van der Waals surface area contributed by atoms with Crippen LogP contribution in [0.4, 0.5) is 0 Å². The van der Waals surface area contributed by atoms with Gasteiger partial charge in [0.1, 0.15) is 30.4 Å². The van der Waals surface area contributed by atoms with Crippen molar-refractivity contribution in [2.45, 2.75) is 32.0 Å². The molecule has 1 saturated heterocycles. The SMILES string of the molecule is CCc1nccn1CCOc1ccc(CN2CCOC[C@](O)(COc3cccc(Cl)c3)C2)cc1OC. The predicted octanol–water partition coefficient (Wildman–Crippen LogP) is 3.83. The summed E-state index contributed by atoms with van der Waals surface area (Å²) in [4.78, 5) is 6.51. The highest BCUT2D eigenvalue weighted by Gasteiger charge is 2.33. The van der Waals surface area contributed by atoms with Gasteiger partial charge in [0, 0.05) is 43.5 Å². The van der Waals surface area contributed by atoms with Crippen molar-refractivity contribution in [1.82, 2.24) is 14.5 Å². The molecule has 2 aromatic carbocycles. The fourth-order valence-corrected chi connectivity index (χ4v) is 4.47. The molecule has 4 rings (SSSR count). The van der Waals surface area contributed by atoms with Crippen LogP contribution >= 0.6 is 11.6 Å². The summed E-state index contributed by atoms with van der Waals surface area (Å²) in [6.45, 7) is 5.92. The quantitative estimate of drug-likeness (QED) is 0.416. The fraction of sp³-hybridized carbons (Fsp3) is 0.444. The van der Waals surface area contributed by atoms with E-state index in [4.69, 9.17) is 30.5 Å². The van der Waals surface area contributed by atoms with Crippen molar-refractivity contribution in [3.05, 3.63) is 71.3 Å². The van der Waals surface area contributed by atoms with Crippen molar-refractivity contribution in [2.24, 2.45) is 0 Å². The van der Waals surface area contributed by atoms with Crippen LogP contribution in [-0.2, 0) is 24.2 Å². The van der Waals surface area contributed by atoms with Crippen molar-refractivity contribution in [3.63, 3.8) is 0 Å². The van der Waals surface area contributed by atoms with Crippen molar-refractivity contribution < 1.29 is 24.1 Å². The molecule has 1 aliphatic rings. The number of ether oxygens (including phenoxy) is 4. The third-order valence-corrected chi connectivity index (χ3v) is 6.32. The number of rotatable bonds is 11. The van der Waals surface area contributed by atoms with E-state index in [0.29, 0.717) is 55.1 Å². The van der Waals surface area contributed by atoms with Crippen LogP contribution in [0.5, 0.6) is 17.2 Å². The van der Waals surface area contributed by atoms with E-state index in [1.807, 2.05) is 42.7 Å². The zero-order chi connectivity index (χ0) is 25.4.